The van der Waals surface area contributed by atoms with Gasteiger partial charge >= 0.3 is 0 Å². The minimum Gasteiger partial charge on any atom is -0.503 e. The predicted molar refractivity (Wildman–Crippen MR) is 74.3 cm³/mol. The van der Waals surface area contributed by atoms with Crippen molar-refractivity contribution in [2.24, 2.45) is 0 Å². The van der Waals surface area contributed by atoms with Gasteiger partial charge in [-0.1, -0.05) is 6.07 Å². The average Bonchev–Trinajstić information content (AvgIpc) is 2.88. The third-order valence-electron chi connectivity index (χ3n) is 2.93. The minimum absolute atomic E-state index is 0.126. The second kappa shape index (κ2) is 4.13. The lowest BCUT2D eigenvalue weighted by molar-refractivity contribution is 0.466. The Balaban J connectivity index is 2.03. The van der Waals surface area contributed by atoms with Gasteiger partial charge in [0.05, 0.1) is 5.56 Å². The number of nitrogens with zero attached hydrogens (tertiary/aromatic N) is 1. The van der Waals surface area contributed by atoms with Crippen molar-refractivity contribution in [1.29, 1.82) is 0 Å². The first-order valence-corrected chi connectivity index (χ1v) is 6.45. The molecule has 0 bridgehead atoms. The Bertz CT molecular complexity index is 823. The molecule has 0 aliphatic carbocycles. The van der Waals surface area contributed by atoms with Crippen molar-refractivity contribution in [3.63, 3.8) is 0 Å². The van der Waals surface area contributed by atoms with E-state index in [1.165, 1.54) is 11.3 Å². The zero-order chi connectivity index (χ0) is 13.6. The van der Waals surface area contributed by atoms with E-state index in [0.29, 0.717) is 4.88 Å². The first kappa shape index (κ1) is 11.8. The molecule has 1 N–H and O–H groups in total. The van der Waals surface area contributed by atoms with Crippen LogP contribution in [0.25, 0.3) is 20.9 Å². The molecule has 4 nitrogen and oxygen atoms in total. The molecule has 0 atom stereocenters. The van der Waals surface area contributed by atoms with Gasteiger partial charge in [-0.3, -0.25) is 14.6 Å². The molecule has 1 aromatic carbocycles. The number of aromatic hydroxyl groups is 1. The Kier molecular flexibility index (Phi) is 2.57. The van der Waals surface area contributed by atoms with Gasteiger partial charge in [-0.25, -0.2) is 0 Å². The molecule has 0 saturated carbocycles. The number of pyridine rings is 1. The van der Waals surface area contributed by atoms with Crippen LogP contribution in [-0.4, -0.2) is 10.1 Å². The maximum Gasteiger partial charge on any atom is 0.268 e. The van der Waals surface area contributed by atoms with Crippen molar-refractivity contribution in [2.45, 2.75) is 6.92 Å². The first-order chi connectivity index (χ1) is 9.08. The van der Waals surface area contributed by atoms with Crippen LogP contribution < -0.4 is 10.9 Å². The smallest absolute Gasteiger partial charge is 0.268 e. The second-order valence-electron chi connectivity index (χ2n) is 4.23. The Hall–Kier alpha value is -2.27. The van der Waals surface area contributed by atoms with Crippen molar-refractivity contribution in [3.8, 4) is 26.6 Å². The molecule has 0 unspecified atom stereocenters. The predicted octanol–water partition coefficient (Wildman–Crippen LogP) is 2.09. The largest absolute Gasteiger partial charge is 0.503 e. The molecule has 2 heterocycles. The van der Waals surface area contributed by atoms with Crippen LogP contribution in [0.5, 0.6) is 5.75 Å². The van der Waals surface area contributed by atoms with Gasteiger partial charge in [-0.15, -0.1) is 11.3 Å². The Morgan fingerprint density at radius 2 is 1.79 bits per heavy atom. The standard InChI is InChI=1S/C14H9NO3S/c1-7-2-3-8(6-15-7)9-4-5-10(19-9)11-12(16)14(18)13(11)17/h2-6,16H,1H3. The van der Waals surface area contributed by atoms with Gasteiger partial charge in [0.25, 0.3) is 5.43 Å². The number of hydrogen-bond donors (Lipinski definition) is 1. The van der Waals surface area contributed by atoms with Crippen LogP contribution in [0.3, 0.4) is 0 Å². The van der Waals surface area contributed by atoms with Crippen LogP contribution in [0.1, 0.15) is 5.69 Å². The second-order valence-corrected chi connectivity index (χ2v) is 5.32. The quantitative estimate of drug-likeness (QED) is 0.725. The van der Waals surface area contributed by atoms with E-state index >= 15 is 0 Å². The van der Waals surface area contributed by atoms with Gasteiger partial charge in [-0.05, 0) is 25.1 Å². The highest BCUT2D eigenvalue weighted by atomic mass is 32.1. The van der Waals surface area contributed by atoms with E-state index < -0.39 is 16.6 Å². The van der Waals surface area contributed by atoms with E-state index in [-0.39, 0.29) is 5.56 Å². The van der Waals surface area contributed by atoms with Crippen molar-refractivity contribution in [1.82, 2.24) is 4.98 Å². The molecule has 0 fully saturated rings. The zero-order valence-electron chi connectivity index (χ0n) is 10.0. The molecule has 94 valence electrons. The topological polar surface area (TPSA) is 67.3 Å². The molecule has 3 rings (SSSR count). The highest BCUT2D eigenvalue weighted by molar-refractivity contribution is 7.18. The average molecular weight is 271 g/mol. The van der Waals surface area contributed by atoms with E-state index in [2.05, 4.69) is 4.98 Å². The summed E-state index contributed by atoms with van der Waals surface area (Å²) in [6.45, 7) is 1.91. The van der Waals surface area contributed by atoms with Gasteiger partial charge in [0.15, 0.2) is 5.75 Å². The van der Waals surface area contributed by atoms with E-state index in [1.54, 1.807) is 12.3 Å². The van der Waals surface area contributed by atoms with Crippen LogP contribution in [0.2, 0.25) is 0 Å². The molecule has 19 heavy (non-hydrogen) atoms. The van der Waals surface area contributed by atoms with E-state index in [9.17, 15) is 14.7 Å². The monoisotopic (exact) mass is 271 g/mol. The highest BCUT2D eigenvalue weighted by Crippen LogP contribution is 2.35. The molecular formula is C14H9NO3S. The summed E-state index contributed by atoms with van der Waals surface area (Å²) in [5.41, 5.74) is 0.580. The van der Waals surface area contributed by atoms with E-state index in [1.807, 2.05) is 25.1 Å². The Morgan fingerprint density at radius 1 is 1.05 bits per heavy atom. The number of rotatable bonds is 2. The summed E-state index contributed by atoms with van der Waals surface area (Å²) in [7, 11) is 0. The number of thiophene rings is 1. The van der Waals surface area contributed by atoms with Gasteiger partial charge in [0.1, 0.15) is 0 Å². The molecule has 0 aliphatic rings. The summed E-state index contributed by atoms with van der Waals surface area (Å²) in [6, 6.07) is 7.43. The third-order valence-corrected chi connectivity index (χ3v) is 4.09. The summed E-state index contributed by atoms with van der Waals surface area (Å²) in [5.74, 6) is -0.430. The fourth-order valence-electron chi connectivity index (χ4n) is 1.85. The van der Waals surface area contributed by atoms with Crippen LogP contribution >= 0.6 is 11.3 Å². The zero-order valence-corrected chi connectivity index (χ0v) is 10.8. The molecular weight excluding hydrogens is 262 g/mol. The Labute approximate surface area is 112 Å². The third kappa shape index (κ3) is 1.79. The lowest BCUT2D eigenvalue weighted by atomic mass is 10.1. The highest BCUT2D eigenvalue weighted by Gasteiger charge is 2.22. The normalized spacial score (nSPS) is 11.0. The summed E-state index contributed by atoms with van der Waals surface area (Å²) in [4.78, 5) is 28.1. The molecule has 0 aliphatic heterocycles. The van der Waals surface area contributed by atoms with Gasteiger partial charge < -0.3 is 5.11 Å². The molecule has 0 spiro atoms. The Morgan fingerprint density at radius 3 is 2.42 bits per heavy atom. The van der Waals surface area contributed by atoms with Crippen molar-refractivity contribution in [2.75, 3.05) is 0 Å². The van der Waals surface area contributed by atoms with Crippen LogP contribution in [-0.2, 0) is 0 Å². The van der Waals surface area contributed by atoms with Gasteiger partial charge in [-0.2, -0.15) is 0 Å². The number of aromatic nitrogens is 1. The first-order valence-electron chi connectivity index (χ1n) is 5.63. The lowest BCUT2D eigenvalue weighted by Crippen LogP contribution is -2.31. The molecule has 3 aromatic rings. The van der Waals surface area contributed by atoms with Crippen LogP contribution in [0, 0.1) is 6.92 Å². The summed E-state index contributed by atoms with van der Waals surface area (Å²) in [5, 5.41) is 9.42. The van der Waals surface area contributed by atoms with E-state index in [0.717, 1.165) is 16.1 Å². The van der Waals surface area contributed by atoms with Crippen molar-refractivity contribution < 1.29 is 5.11 Å². The fraction of sp³-hybridized carbons (Fsp3) is 0.0714. The van der Waals surface area contributed by atoms with E-state index in [4.69, 9.17) is 0 Å². The van der Waals surface area contributed by atoms with Gasteiger partial charge in [0, 0.05) is 27.2 Å². The maximum absolute atomic E-state index is 11.4. The summed E-state index contributed by atoms with van der Waals surface area (Å²) in [6.07, 6.45) is 1.76. The van der Waals surface area contributed by atoms with Gasteiger partial charge in [0.2, 0.25) is 5.43 Å². The van der Waals surface area contributed by atoms with Crippen molar-refractivity contribution >= 4 is 11.3 Å². The molecule has 0 saturated heterocycles. The molecule has 0 amide bonds. The lowest BCUT2D eigenvalue weighted by Gasteiger charge is -2.01. The minimum atomic E-state index is -0.804. The summed E-state index contributed by atoms with van der Waals surface area (Å²) < 4.78 is 0. The van der Waals surface area contributed by atoms with Crippen molar-refractivity contribution in [3.05, 3.63) is 56.6 Å². The number of hydrogen-bond acceptors (Lipinski definition) is 5. The maximum atomic E-state index is 11.4. The summed E-state index contributed by atoms with van der Waals surface area (Å²) >= 11 is 1.35. The SMILES string of the molecule is Cc1ccc(-c2ccc(-c3c(O)c(=O)c3=O)s2)cn1. The molecule has 0 radical (unpaired) electrons. The fourth-order valence-corrected chi connectivity index (χ4v) is 2.89. The molecule has 2 aromatic heterocycles. The number of aryl methyl sites for hydroxylation is 1. The van der Waals surface area contributed by atoms with Crippen LogP contribution in [0.15, 0.2) is 40.1 Å². The van der Waals surface area contributed by atoms with Crippen LogP contribution in [0.4, 0.5) is 0 Å². The molecule has 5 heteroatoms.